The number of nitrogens with one attached hydrogen (secondary N) is 2. The zero-order valence-electron chi connectivity index (χ0n) is 12.1. The lowest BCUT2D eigenvalue weighted by atomic mass is 10.0. The monoisotopic (exact) mass is 295 g/mol. The van der Waals surface area contributed by atoms with Gasteiger partial charge in [-0.2, -0.15) is 0 Å². The van der Waals surface area contributed by atoms with Crippen LogP contribution in [0.25, 0.3) is 0 Å². The van der Waals surface area contributed by atoms with Crippen LogP contribution in [0.1, 0.15) is 29.6 Å². The first kappa shape index (κ1) is 15.1. The minimum Gasteiger partial charge on any atom is -0.383 e. The van der Waals surface area contributed by atoms with Gasteiger partial charge in [0, 0.05) is 25.3 Å². The summed E-state index contributed by atoms with van der Waals surface area (Å²) in [6.07, 6.45) is 3.80. The van der Waals surface area contributed by atoms with Crippen molar-refractivity contribution in [3.05, 3.63) is 28.8 Å². The van der Waals surface area contributed by atoms with Gasteiger partial charge in [0.1, 0.15) is 0 Å². The maximum atomic E-state index is 11.7. The molecule has 2 N–H and O–H groups in total. The summed E-state index contributed by atoms with van der Waals surface area (Å²) >= 11 is 6.05. The van der Waals surface area contributed by atoms with Crippen LogP contribution < -0.4 is 10.6 Å². The molecule has 0 radical (unpaired) electrons. The van der Waals surface area contributed by atoms with E-state index in [2.05, 4.69) is 22.6 Å². The molecule has 1 aromatic rings. The lowest BCUT2D eigenvalue weighted by molar-refractivity contribution is 0.0963. The number of hydrogen-bond acceptors (Lipinski definition) is 3. The van der Waals surface area contributed by atoms with Gasteiger partial charge in [-0.1, -0.05) is 18.0 Å². The van der Waals surface area contributed by atoms with Gasteiger partial charge in [-0.05, 0) is 44.6 Å². The second-order valence-corrected chi connectivity index (χ2v) is 5.69. The first-order valence-corrected chi connectivity index (χ1v) is 7.45. The highest BCUT2D eigenvalue weighted by Gasteiger charge is 2.18. The summed E-state index contributed by atoms with van der Waals surface area (Å²) < 4.78 is 0. The molecule has 0 aliphatic carbocycles. The van der Waals surface area contributed by atoms with Gasteiger partial charge in [0.05, 0.1) is 10.6 Å². The predicted molar refractivity (Wildman–Crippen MR) is 83.6 cm³/mol. The molecular formula is C15H22ClN3O. The molecule has 0 saturated carbocycles. The third-order valence-electron chi connectivity index (χ3n) is 3.90. The molecule has 5 heteroatoms. The van der Waals surface area contributed by atoms with E-state index in [-0.39, 0.29) is 5.91 Å². The molecular weight excluding hydrogens is 274 g/mol. The Labute approximate surface area is 125 Å². The Morgan fingerprint density at radius 3 is 2.95 bits per heavy atom. The number of hydrogen-bond donors (Lipinski definition) is 2. The van der Waals surface area contributed by atoms with E-state index in [9.17, 15) is 4.79 Å². The number of benzene rings is 1. The Hall–Kier alpha value is -1.26. The van der Waals surface area contributed by atoms with Crippen molar-refractivity contribution in [1.82, 2.24) is 10.2 Å². The minimum absolute atomic E-state index is 0.159. The molecule has 4 nitrogen and oxygen atoms in total. The first-order chi connectivity index (χ1) is 9.61. The SMILES string of the molecule is CNC(=O)c1cc(NCC2CCCCN2C)ccc1Cl. The maximum Gasteiger partial charge on any atom is 0.252 e. The lowest BCUT2D eigenvalue weighted by Gasteiger charge is -2.32. The van der Waals surface area contributed by atoms with Gasteiger partial charge >= 0.3 is 0 Å². The van der Waals surface area contributed by atoms with Gasteiger partial charge < -0.3 is 15.5 Å². The van der Waals surface area contributed by atoms with Crippen molar-refractivity contribution in [2.45, 2.75) is 25.3 Å². The fraction of sp³-hybridized carbons (Fsp3) is 0.533. The molecule has 0 bridgehead atoms. The highest BCUT2D eigenvalue weighted by atomic mass is 35.5. The predicted octanol–water partition coefficient (Wildman–Crippen LogP) is 2.60. The normalized spacial score (nSPS) is 19.6. The Morgan fingerprint density at radius 1 is 1.45 bits per heavy atom. The van der Waals surface area contributed by atoms with Gasteiger partial charge in [-0.25, -0.2) is 0 Å². The number of halogens is 1. The Balaban J connectivity index is 2.00. The van der Waals surface area contributed by atoms with Crippen LogP contribution >= 0.6 is 11.6 Å². The zero-order chi connectivity index (χ0) is 14.5. The summed E-state index contributed by atoms with van der Waals surface area (Å²) in [5.41, 5.74) is 1.45. The third kappa shape index (κ3) is 3.64. The molecule has 110 valence electrons. The van der Waals surface area contributed by atoms with Gasteiger partial charge in [0.25, 0.3) is 5.91 Å². The number of rotatable bonds is 4. The number of carbonyl (C=O) groups is 1. The van der Waals surface area contributed by atoms with Gasteiger partial charge in [-0.3, -0.25) is 4.79 Å². The second-order valence-electron chi connectivity index (χ2n) is 5.28. The standard InChI is InChI=1S/C15H22ClN3O/c1-17-15(20)13-9-11(6-7-14(13)16)18-10-12-5-3-4-8-19(12)2/h6-7,9,12,18H,3-5,8,10H2,1-2H3,(H,17,20). The summed E-state index contributed by atoms with van der Waals surface area (Å²) in [6, 6.07) is 6.04. The Kier molecular flexibility index (Phi) is 5.26. The molecule has 2 rings (SSSR count). The molecule has 1 aliphatic rings. The number of amides is 1. The third-order valence-corrected chi connectivity index (χ3v) is 4.23. The van der Waals surface area contributed by atoms with Crippen LogP contribution in [0.5, 0.6) is 0 Å². The van der Waals surface area contributed by atoms with Crippen molar-refractivity contribution in [3.63, 3.8) is 0 Å². The second kappa shape index (κ2) is 6.95. The number of likely N-dealkylation sites (tertiary alicyclic amines) is 1. The van der Waals surface area contributed by atoms with E-state index in [1.807, 2.05) is 12.1 Å². The summed E-state index contributed by atoms with van der Waals surface area (Å²) in [4.78, 5) is 14.1. The maximum absolute atomic E-state index is 11.7. The van der Waals surface area contributed by atoms with Crippen molar-refractivity contribution in [2.24, 2.45) is 0 Å². The molecule has 1 fully saturated rings. The molecule has 1 heterocycles. The van der Waals surface area contributed by atoms with Crippen LogP contribution in [0, 0.1) is 0 Å². The highest BCUT2D eigenvalue weighted by Crippen LogP contribution is 2.21. The summed E-state index contributed by atoms with van der Waals surface area (Å²) in [6.45, 7) is 2.06. The summed E-state index contributed by atoms with van der Waals surface area (Å²) in [5, 5.41) is 6.49. The van der Waals surface area contributed by atoms with E-state index in [0.29, 0.717) is 16.6 Å². The fourth-order valence-corrected chi connectivity index (χ4v) is 2.78. The van der Waals surface area contributed by atoms with Crippen LogP contribution in [0.15, 0.2) is 18.2 Å². The first-order valence-electron chi connectivity index (χ1n) is 7.07. The van der Waals surface area contributed by atoms with Crippen molar-refractivity contribution >= 4 is 23.2 Å². The molecule has 20 heavy (non-hydrogen) atoms. The number of likely N-dealkylation sites (N-methyl/N-ethyl adjacent to an activating group) is 1. The molecule has 1 unspecified atom stereocenters. The van der Waals surface area contributed by atoms with E-state index in [4.69, 9.17) is 11.6 Å². The van der Waals surface area contributed by atoms with E-state index in [1.165, 1.54) is 19.3 Å². The molecule has 1 aromatic carbocycles. The zero-order valence-corrected chi connectivity index (χ0v) is 12.8. The molecule has 1 saturated heterocycles. The van der Waals surface area contributed by atoms with Crippen LogP contribution in [0.3, 0.4) is 0 Å². The van der Waals surface area contributed by atoms with Crippen LogP contribution in [-0.2, 0) is 0 Å². The van der Waals surface area contributed by atoms with Gasteiger partial charge in [0.2, 0.25) is 0 Å². The number of piperidine rings is 1. The molecule has 0 spiro atoms. The number of nitrogens with zero attached hydrogens (tertiary/aromatic N) is 1. The lowest BCUT2D eigenvalue weighted by Crippen LogP contribution is -2.40. The van der Waals surface area contributed by atoms with Gasteiger partial charge in [0.15, 0.2) is 0 Å². The van der Waals surface area contributed by atoms with E-state index in [1.54, 1.807) is 13.1 Å². The summed E-state index contributed by atoms with van der Waals surface area (Å²) in [7, 11) is 3.78. The Bertz CT molecular complexity index is 478. The molecule has 1 atom stereocenters. The minimum atomic E-state index is -0.159. The largest absolute Gasteiger partial charge is 0.383 e. The average Bonchev–Trinajstić information content (AvgIpc) is 2.47. The van der Waals surface area contributed by atoms with E-state index in [0.717, 1.165) is 18.8 Å². The van der Waals surface area contributed by atoms with Gasteiger partial charge in [-0.15, -0.1) is 0 Å². The highest BCUT2D eigenvalue weighted by molar-refractivity contribution is 6.34. The van der Waals surface area contributed by atoms with E-state index >= 15 is 0 Å². The molecule has 1 aliphatic heterocycles. The van der Waals surface area contributed by atoms with Crippen molar-refractivity contribution in [2.75, 3.05) is 32.5 Å². The van der Waals surface area contributed by atoms with Crippen LogP contribution in [-0.4, -0.2) is 44.0 Å². The van der Waals surface area contributed by atoms with Crippen molar-refractivity contribution in [3.8, 4) is 0 Å². The van der Waals surface area contributed by atoms with Crippen LogP contribution in [0.2, 0.25) is 5.02 Å². The van der Waals surface area contributed by atoms with Crippen LogP contribution in [0.4, 0.5) is 5.69 Å². The Morgan fingerprint density at radius 2 is 2.25 bits per heavy atom. The average molecular weight is 296 g/mol. The van der Waals surface area contributed by atoms with Crippen molar-refractivity contribution < 1.29 is 4.79 Å². The quantitative estimate of drug-likeness (QED) is 0.897. The fourth-order valence-electron chi connectivity index (χ4n) is 2.58. The smallest absolute Gasteiger partial charge is 0.252 e. The number of anilines is 1. The molecule has 0 aromatic heterocycles. The molecule has 1 amide bonds. The topological polar surface area (TPSA) is 44.4 Å². The van der Waals surface area contributed by atoms with E-state index < -0.39 is 0 Å². The number of carbonyl (C=O) groups excluding carboxylic acids is 1. The summed E-state index contributed by atoms with van der Waals surface area (Å²) in [5.74, 6) is -0.159. The van der Waals surface area contributed by atoms with Crippen molar-refractivity contribution in [1.29, 1.82) is 0 Å².